The summed E-state index contributed by atoms with van der Waals surface area (Å²) >= 11 is 0. The molecule has 0 fully saturated rings. The van der Waals surface area contributed by atoms with Gasteiger partial charge in [-0.1, -0.05) is 12.1 Å². The van der Waals surface area contributed by atoms with E-state index in [4.69, 9.17) is 4.74 Å². The summed E-state index contributed by atoms with van der Waals surface area (Å²) in [7, 11) is 0. The van der Waals surface area contributed by atoms with Crippen LogP contribution in [0.25, 0.3) is 0 Å². The molecule has 1 N–H and O–H groups in total. The van der Waals surface area contributed by atoms with Gasteiger partial charge in [-0.3, -0.25) is 14.9 Å². The Labute approximate surface area is 105 Å². The molecule has 1 aromatic carbocycles. The number of benzene rings is 1. The Morgan fingerprint density at radius 3 is 2.50 bits per heavy atom. The minimum absolute atomic E-state index is 0.0537. The van der Waals surface area contributed by atoms with Gasteiger partial charge in [0, 0.05) is 18.7 Å². The molecule has 0 saturated heterocycles. The fraction of sp³-hybridized carbons (Fsp3) is 0.417. The first-order valence-electron chi connectivity index (χ1n) is 5.62. The van der Waals surface area contributed by atoms with Crippen LogP contribution >= 0.6 is 0 Å². The van der Waals surface area contributed by atoms with Gasteiger partial charge in [0.1, 0.15) is 0 Å². The predicted octanol–water partition coefficient (Wildman–Crippen LogP) is 1.64. The Bertz CT molecular complexity index is 415. The highest BCUT2D eigenvalue weighted by atomic mass is 16.6. The van der Waals surface area contributed by atoms with E-state index in [2.05, 4.69) is 5.32 Å². The molecule has 6 heteroatoms. The van der Waals surface area contributed by atoms with Gasteiger partial charge in [0.2, 0.25) is 0 Å². The summed E-state index contributed by atoms with van der Waals surface area (Å²) in [5, 5.41) is 13.4. The second-order valence-electron chi connectivity index (χ2n) is 4.07. The first-order valence-corrected chi connectivity index (χ1v) is 5.62. The first kappa shape index (κ1) is 14.1. The van der Waals surface area contributed by atoms with Gasteiger partial charge in [-0.2, -0.15) is 0 Å². The number of rotatable bonds is 6. The summed E-state index contributed by atoms with van der Waals surface area (Å²) in [6.07, 6.45) is -0.126. The van der Waals surface area contributed by atoms with E-state index in [1.807, 2.05) is 0 Å². The highest BCUT2D eigenvalue weighted by molar-refractivity contribution is 5.71. The maximum absolute atomic E-state index is 11.2. The molecule has 0 unspecified atom stereocenters. The largest absolute Gasteiger partial charge is 0.462 e. The van der Waals surface area contributed by atoms with Crippen LogP contribution in [-0.2, 0) is 16.1 Å². The zero-order valence-corrected chi connectivity index (χ0v) is 10.4. The quantitative estimate of drug-likeness (QED) is 0.473. The molecule has 0 aliphatic heterocycles. The maximum atomic E-state index is 11.2. The third kappa shape index (κ3) is 4.92. The molecule has 0 heterocycles. The summed E-state index contributed by atoms with van der Waals surface area (Å²) < 4.78 is 4.95. The third-order valence-corrected chi connectivity index (χ3v) is 2.11. The van der Waals surface area contributed by atoms with Crippen LogP contribution in [0.5, 0.6) is 0 Å². The van der Waals surface area contributed by atoms with Crippen molar-refractivity contribution >= 4 is 11.7 Å². The fourth-order valence-corrected chi connectivity index (χ4v) is 1.35. The summed E-state index contributed by atoms with van der Waals surface area (Å²) in [5.41, 5.74) is 0.927. The molecule has 98 valence electrons. The van der Waals surface area contributed by atoms with E-state index < -0.39 is 4.92 Å². The number of nitrogens with one attached hydrogen (secondary N) is 1. The number of ether oxygens (including phenoxy) is 1. The van der Waals surface area contributed by atoms with Crippen LogP contribution in [0, 0.1) is 10.1 Å². The van der Waals surface area contributed by atoms with Crippen molar-refractivity contribution in [3.8, 4) is 0 Å². The smallest absolute Gasteiger partial charge is 0.320 e. The van der Waals surface area contributed by atoms with Crippen molar-refractivity contribution in [2.75, 3.05) is 6.54 Å². The number of nitro groups is 1. The van der Waals surface area contributed by atoms with Crippen molar-refractivity contribution in [2.45, 2.75) is 26.5 Å². The third-order valence-electron chi connectivity index (χ3n) is 2.11. The topological polar surface area (TPSA) is 81.5 Å². The van der Waals surface area contributed by atoms with Crippen LogP contribution in [0.4, 0.5) is 5.69 Å². The minimum atomic E-state index is -0.447. The molecular formula is C12H16N2O4. The molecule has 1 rings (SSSR count). The molecule has 0 saturated carbocycles. The number of esters is 1. The van der Waals surface area contributed by atoms with Gasteiger partial charge in [-0.25, -0.2) is 0 Å². The van der Waals surface area contributed by atoms with Crippen LogP contribution in [0.1, 0.15) is 19.4 Å². The second-order valence-corrected chi connectivity index (χ2v) is 4.07. The van der Waals surface area contributed by atoms with Gasteiger partial charge >= 0.3 is 5.97 Å². The fourth-order valence-electron chi connectivity index (χ4n) is 1.35. The van der Waals surface area contributed by atoms with Crippen molar-refractivity contribution < 1.29 is 14.5 Å². The van der Waals surface area contributed by atoms with Crippen LogP contribution in [0.3, 0.4) is 0 Å². The van der Waals surface area contributed by atoms with Crippen molar-refractivity contribution in [1.82, 2.24) is 5.32 Å². The Balaban J connectivity index is 2.35. The zero-order valence-electron chi connectivity index (χ0n) is 10.4. The average Bonchev–Trinajstić information content (AvgIpc) is 2.28. The lowest BCUT2D eigenvalue weighted by Gasteiger charge is -2.08. The molecule has 0 atom stereocenters. The van der Waals surface area contributed by atoms with Gasteiger partial charge in [0.05, 0.1) is 17.6 Å². The summed E-state index contributed by atoms with van der Waals surface area (Å²) in [6.45, 7) is 4.16. The molecule has 0 aliphatic carbocycles. The summed E-state index contributed by atoms with van der Waals surface area (Å²) in [4.78, 5) is 21.2. The lowest BCUT2D eigenvalue weighted by Crippen LogP contribution is -2.26. The summed E-state index contributed by atoms with van der Waals surface area (Å²) in [6, 6.07) is 6.17. The van der Waals surface area contributed by atoms with Crippen molar-refractivity contribution in [2.24, 2.45) is 0 Å². The van der Waals surface area contributed by atoms with E-state index in [9.17, 15) is 14.9 Å². The number of nitrogens with zero attached hydrogens (tertiary/aromatic N) is 1. The normalized spacial score (nSPS) is 10.4. The van der Waals surface area contributed by atoms with Crippen LogP contribution in [0.2, 0.25) is 0 Å². The Hall–Kier alpha value is -1.95. The molecule has 18 heavy (non-hydrogen) atoms. The Kier molecular flexibility index (Phi) is 5.26. The lowest BCUT2D eigenvalue weighted by atomic mass is 10.2. The SMILES string of the molecule is CC(C)OC(=O)CNCc1ccc([N+](=O)[O-])cc1. The van der Waals surface area contributed by atoms with Crippen LogP contribution in [-0.4, -0.2) is 23.5 Å². The minimum Gasteiger partial charge on any atom is -0.462 e. The van der Waals surface area contributed by atoms with E-state index in [1.165, 1.54) is 12.1 Å². The van der Waals surface area contributed by atoms with E-state index in [0.717, 1.165) is 5.56 Å². The molecular weight excluding hydrogens is 236 g/mol. The van der Waals surface area contributed by atoms with Gasteiger partial charge in [-0.15, -0.1) is 0 Å². The highest BCUT2D eigenvalue weighted by Gasteiger charge is 2.06. The van der Waals surface area contributed by atoms with E-state index >= 15 is 0 Å². The number of carbonyl (C=O) groups excluding carboxylic acids is 1. The standard InChI is InChI=1S/C12H16N2O4/c1-9(2)18-12(15)8-13-7-10-3-5-11(6-4-10)14(16)17/h3-6,9,13H,7-8H2,1-2H3. The highest BCUT2D eigenvalue weighted by Crippen LogP contribution is 2.11. The Morgan fingerprint density at radius 2 is 2.00 bits per heavy atom. The first-order chi connectivity index (χ1) is 8.49. The molecule has 0 aromatic heterocycles. The lowest BCUT2D eigenvalue weighted by molar-refractivity contribution is -0.384. The number of non-ortho nitro benzene ring substituents is 1. The zero-order chi connectivity index (χ0) is 13.5. The molecule has 0 bridgehead atoms. The van der Waals surface area contributed by atoms with E-state index in [-0.39, 0.29) is 24.3 Å². The monoisotopic (exact) mass is 252 g/mol. The van der Waals surface area contributed by atoms with Crippen LogP contribution in [0.15, 0.2) is 24.3 Å². The Morgan fingerprint density at radius 1 is 1.39 bits per heavy atom. The van der Waals surface area contributed by atoms with Gasteiger partial charge in [0.25, 0.3) is 5.69 Å². The second kappa shape index (κ2) is 6.70. The number of carbonyl (C=O) groups is 1. The van der Waals surface area contributed by atoms with Crippen molar-refractivity contribution in [3.63, 3.8) is 0 Å². The molecule has 0 aliphatic rings. The number of hydrogen-bond acceptors (Lipinski definition) is 5. The van der Waals surface area contributed by atoms with Crippen LogP contribution < -0.4 is 5.32 Å². The van der Waals surface area contributed by atoms with Gasteiger partial charge in [-0.05, 0) is 19.4 Å². The van der Waals surface area contributed by atoms with E-state index in [1.54, 1.807) is 26.0 Å². The van der Waals surface area contributed by atoms with Crippen molar-refractivity contribution in [3.05, 3.63) is 39.9 Å². The summed E-state index contributed by atoms with van der Waals surface area (Å²) in [5.74, 6) is -0.313. The molecule has 6 nitrogen and oxygen atoms in total. The predicted molar refractivity (Wildman–Crippen MR) is 66.0 cm³/mol. The molecule has 0 spiro atoms. The molecule has 1 aromatic rings. The number of hydrogen-bond donors (Lipinski definition) is 1. The van der Waals surface area contributed by atoms with Gasteiger partial charge in [0.15, 0.2) is 0 Å². The molecule has 0 radical (unpaired) electrons. The number of nitro benzene ring substituents is 1. The van der Waals surface area contributed by atoms with Gasteiger partial charge < -0.3 is 10.1 Å². The average molecular weight is 252 g/mol. The van der Waals surface area contributed by atoms with E-state index in [0.29, 0.717) is 6.54 Å². The molecule has 0 amide bonds. The maximum Gasteiger partial charge on any atom is 0.320 e. The van der Waals surface area contributed by atoms with Crippen molar-refractivity contribution in [1.29, 1.82) is 0 Å².